The minimum atomic E-state index is -0.289. The van der Waals surface area contributed by atoms with E-state index in [9.17, 15) is 4.79 Å². The molecule has 2 aromatic rings. The van der Waals surface area contributed by atoms with Gasteiger partial charge in [0.25, 0.3) is 5.91 Å². The second-order valence-electron chi connectivity index (χ2n) is 8.24. The van der Waals surface area contributed by atoms with E-state index in [0.717, 1.165) is 35.4 Å². The van der Waals surface area contributed by atoms with Crippen molar-refractivity contribution in [1.82, 2.24) is 5.32 Å². The number of hydrogen-bond acceptors (Lipinski definition) is 3. The van der Waals surface area contributed by atoms with Crippen LogP contribution in [0.3, 0.4) is 0 Å². The Hall–Kier alpha value is -1.23. The van der Waals surface area contributed by atoms with Crippen LogP contribution in [0.5, 0.6) is 0 Å². The summed E-state index contributed by atoms with van der Waals surface area (Å²) in [5.41, 5.74) is 3.27. The number of rotatable bonds is 1. The maximum absolute atomic E-state index is 12.8. The summed E-state index contributed by atoms with van der Waals surface area (Å²) in [5, 5.41) is 8.53. The highest BCUT2D eigenvalue weighted by Crippen LogP contribution is 2.46. The second-order valence-corrected chi connectivity index (χ2v) is 10.2. The normalized spacial score (nSPS) is 22.3. The smallest absolute Gasteiger partial charge is 0.256 e. The zero-order valence-corrected chi connectivity index (χ0v) is 17.4. The van der Waals surface area contributed by atoms with Gasteiger partial charge in [-0.3, -0.25) is 4.79 Å². The molecule has 6 heteroatoms. The molecule has 4 rings (SSSR count). The van der Waals surface area contributed by atoms with E-state index in [4.69, 9.17) is 23.2 Å². The third kappa shape index (κ3) is 3.12. The van der Waals surface area contributed by atoms with Gasteiger partial charge >= 0.3 is 0 Å². The molecule has 26 heavy (non-hydrogen) atoms. The van der Waals surface area contributed by atoms with Gasteiger partial charge in [0.2, 0.25) is 0 Å². The van der Waals surface area contributed by atoms with E-state index in [1.807, 2.05) is 6.07 Å². The van der Waals surface area contributed by atoms with Crippen LogP contribution in [0.4, 0.5) is 5.00 Å². The number of anilines is 1. The van der Waals surface area contributed by atoms with Crippen molar-refractivity contribution in [3.63, 3.8) is 0 Å². The van der Waals surface area contributed by atoms with Crippen LogP contribution in [0, 0.1) is 11.3 Å². The molecule has 0 unspecified atom stereocenters. The lowest BCUT2D eigenvalue weighted by Gasteiger charge is -2.34. The molecule has 0 saturated heterocycles. The SMILES string of the molecule is CC(C)(C)[C@@H]1CCc2c(sc3c2C(=O)N[C@@H](c2ccc(Cl)c(Cl)c2)N3)C1. The number of thiophene rings is 1. The Morgan fingerprint density at radius 3 is 2.62 bits per heavy atom. The van der Waals surface area contributed by atoms with E-state index >= 15 is 0 Å². The first-order valence-electron chi connectivity index (χ1n) is 8.91. The molecule has 2 aliphatic rings. The van der Waals surface area contributed by atoms with Gasteiger partial charge < -0.3 is 10.6 Å². The highest BCUT2D eigenvalue weighted by Gasteiger charge is 2.36. The molecule has 0 radical (unpaired) electrons. The van der Waals surface area contributed by atoms with E-state index in [1.54, 1.807) is 23.5 Å². The summed E-state index contributed by atoms with van der Waals surface area (Å²) in [5.74, 6) is 0.658. The zero-order valence-electron chi connectivity index (χ0n) is 15.1. The Morgan fingerprint density at radius 2 is 1.92 bits per heavy atom. The van der Waals surface area contributed by atoms with E-state index < -0.39 is 0 Å². The topological polar surface area (TPSA) is 41.1 Å². The summed E-state index contributed by atoms with van der Waals surface area (Å²) < 4.78 is 0. The molecule has 2 atom stereocenters. The van der Waals surface area contributed by atoms with Gasteiger partial charge in [-0.15, -0.1) is 11.3 Å². The fourth-order valence-electron chi connectivity index (χ4n) is 3.90. The summed E-state index contributed by atoms with van der Waals surface area (Å²) in [4.78, 5) is 14.2. The van der Waals surface area contributed by atoms with Gasteiger partial charge in [0.15, 0.2) is 0 Å². The van der Waals surface area contributed by atoms with Gasteiger partial charge in [-0.2, -0.15) is 0 Å². The Kier molecular flexibility index (Phi) is 4.49. The van der Waals surface area contributed by atoms with Crippen molar-refractivity contribution in [3.05, 3.63) is 49.8 Å². The molecule has 1 amide bonds. The molecule has 2 heterocycles. The van der Waals surface area contributed by atoms with Crippen LogP contribution in [0.2, 0.25) is 10.0 Å². The lowest BCUT2D eigenvalue weighted by molar-refractivity contribution is 0.0935. The summed E-state index contributed by atoms with van der Waals surface area (Å²) in [6.07, 6.45) is 2.89. The standard InChI is InChI=1S/C20H22Cl2N2OS/c1-20(2,3)11-5-6-12-15(9-11)26-19-16(12)18(25)23-17(24-19)10-4-7-13(21)14(22)8-10/h4,7-8,11,17,24H,5-6,9H2,1-3H3,(H,23,25)/t11-,17-/m1/s1. The quantitative estimate of drug-likeness (QED) is 0.601. The maximum atomic E-state index is 12.8. The first-order chi connectivity index (χ1) is 12.2. The average Bonchev–Trinajstić information content (AvgIpc) is 2.94. The third-order valence-electron chi connectivity index (χ3n) is 5.54. The van der Waals surface area contributed by atoms with Crippen LogP contribution < -0.4 is 10.6 Å². The zero-order chi connectivity index (χ0) is 18.6. The largest absolute Gasteiger partial charge is 0.353 e. The van der Waals surface area contributed by atoms with Gasteiger partial charge in [-0.1, -0.05) is 50.0 Å². The number of amides is 1. The summed E-state index contributed by atoms with van der Waals surface area (Å²) in [7, 11) is 0. The van der Waals surface area contributed by atoms with Crippen molar-refractivity contribution in [2.24, 2.45) is 11.3 Å². The van der Waals surface area contributed by atoms with E-state index in [-0.39, 0.29) is 12.1 Å². The Balaban J connectivity index is 1.65. The number of carbonyl (C=O) groups excluding carboxylic acids is 1. The van der Waals surface area contributed by atoms with Crippen LogP contribution in [0.25, 0.3) is 0 Å². The molecular weight excluding hydrogens is 387 g/mol. The van der Waals surface area contributed by atoms with Crippen LogP contribution in [-0.4, -0.2) is 5.91 Å². The number of fused-ring (bicyclic) bond motifs is 3. The Morgan fingerprint density at radius 1 is 1.15 bits per heavy atom. The minimum absolute atomic E-state index is 0.00142. The van der Waals surface area contributed by atoms with Crippen LogP contribution in [0.15, 0.2) is 18.2 Å². The number of benzene rings is 1. The highest BCUT2D eigenvalue weighted by atomic mass is 35.5. The fourth-order valence-corrected chi connectivity index (χ4v) is 5.56. The lowest BCUT2D eigenvalue weighted by atomic mass is 9.72. The van der Waals surface area contributed by atoms with Gasteiger partial charge in [-0.25, -0.2) is 0 Å². The first-order valence-corrected chi connectivity index (χ1v) is 10.5. The predicted octanol–water partition coefficient (Wildman–Crippen LogP) is 6.06. The van der Waals surface area contributed by atoms with E-state index in [1.165, 1.54) is 10.4 Å². The molecule has 0 spiro atoms. The van der Waals surface area contributed by atoms with E-state index in [2.05, 4.69) is 31.4 Å². The summed E-state index contributed by atoms with van der Waals surface area (Å²) in [6, 6.07) is 5.45. The third-order valence-corrected chi connectivity index (χ3v) is 7.47. The van der Waals surface area contributed by atoms with Crippen LogP contribution in [-0.2, 0) is 12.8 Å². The van der Waals surface area contributed by atoms with Gasteiger partial charge in [0.05, 0.1) is 15.6 Å². The molecule has 3 nitrogen and oxygen atoms in total. The number of carbonyl (C=O) groups is 1. The predicted molar refractivity (Wildman–Crippen MR) is 110 cm³/mol. The summed E-state index contributed by atoms with van der Waals surface area (Å²) in [6.45, 7) is 6.92. The molecule has 138 valence electrons. The fraction of sp³-hybridized carbons (Fsp3) is 0.450. The first kappa shape index (κ1) is 18.1. The van der Waals surface area contributed by atoms with Crippen molar-refractivity contribution >= 4 is 45.4 Å². The number of halogens is 2. The molecule has 1 aliphatic heterocycles. The van der Waals surface area contributed by atoms with Gasteiger partial charge in [0.1, 0.15) is 11.2 Å². The monoisotopic (exact) mass is 408 g/mol. The number of nitrogens with one attached hydrogen (secondary N) is 2. The molecule has 1 aromatic carbocycles. The van der Waals surface area contributed by atoms with Crippen molar-refractivity contribution in [2.45, 2.75) is 46.2 Å². The molecule has 2 N–H and O–H groups in total. The molecule has 0 saturated carbocycles. The van der Waals surface area contributed by atoms with Crippen molar-refractivity contribution in [1.29, 1.82) is 0 Å². The minimum Gasteiger partial charge on any atom is -0.353 e. The Labute approximate surface area is 168 Å². The van der Waals surface area contributed by atoms with Crippen molar-refractivity contribution in [3.8, 4) is 0 Å². The molecule has 0 fully saturated rings. The van der Waals surface area contributed by atoms with Crippen LogP contribution >= 0.6 is 34.5 Å². The number of hydrogen-bond donors (Lipinski definition) is 2. The van der Waals surface area contributed by atoms with Crippen LogP contribution in [0.1, 0.15) is 59.7 Å². The second kappa shape index (κ2) is 6.43. The maximum Gasteiger partial charge on any atom is 0.256 e. The van der Waals surface area contributed by atoms with Crippen molar-refractivity contribution in [2.75, 3.05) is 5.32 Å². The molecular formula is C20H22Cl2N2OS. The molecule has 1 aliphatic carbocycles. The van der Waals surface area contributed by atoms with Gasteiger partial charge in [0, 0.05) is 4.88 Å². The summed E-state index contributed by atoms with van der Waals surface area (Å²) >= 11 is 13.9. The van der Waals surface area contributed by atoms with Crippen molar-refractivity contribution < 1.29 is 4.79 Å². The van der Waals surface area contributed by atoms with E-state index in [0.29, 0.717) is 21.4 Å². The highest BCUT2D eigenvalue weighted by molar-refractivity contribution is 7.16. The molecule has 1 aromatic heterocycles. The Bertz CT molecular complexity index is 885. The van der Waals surface area contributed by atoms with Gasteiger partial charge in [-0.05, 0) is 53.9 Å². The lowest BCUT2D eigenvalue weighted by Crippen LogP contribution is -2.38. The molecule has 0 bridgehead atoms. The average molecular weight is 409 g/mol.